The zero-order chi connectivity index (χ0) is 12.5. The van der Waals surface area contributed by atoms with Gasteiger partial charge in [0.15, 0.2) is 0 Å². The van der Waals surface area contributed by atoms with E-state index in [0.29, 0.717) is 23.3 Å². The zero-order valence-electron chi connectivity index (χ0n) is 10.2. The summed E-state index contributed by atoms with van der Waals surface area (Å²) in [6.07, 6.45) is 6.67. The van der Waals surface area contributed by atoms with Crippen LogP contribution in [0.1, 0.15) is 29.6 Å². The van der Waals surface area contributed by atoms with Gasteiger partial charge in [0, 0.05) is 24.8 Å². The van der Waals surface area contributed by atoms with Gasteiger partial charge in [0.2, 0.25) is 0 Å². The van der Waals surface area contributed by atoms with Crippen molar-refractivity contribution in [2.75, 3.05) is 18.4 Å². The molecule has 5 heteroatoms. The summed E-state index contributed by atoms with van der Waals surface area (Å²) in [6, 6.07) is 2.47. The molecular weight excluding hydrogens is 230 g/mol. The molecule has 2 aliphatic heterocycles. The molecule has 0 bridgehead atoms. The van der Waals surface area contributed by atoms with Crippen LogP contribution in [0.5, 0.6) is 0 Å². The van der Waals surface area contributed by atoms with E-state index < -0.39 is 5.97 Å². The highest BCUT2D eigenvalue weighted by Gasteiger charge is 2.37. The van der Waals surface area contributed by atoms with Crippen molar-refractivity contribution < 1.29 is 9.90 Å². The van der Waals surface area contributed by atoms with Gasteiger partial charge in [-0.2, -0.15) is 0 Å². The third-order valence-electron chi connectivity index (χ3n) is 4.00. The zero-order valence-corrected chi connectivity index (χ0v) is 10.2. The van der Waals surface area contributed by atoms with Gasteiger partial charge in [0.05, 0.1) is 17.4 Å². The predicted octanol–water partition coefficient (Wildman–Crippen LogP) is 1.43. The molecule has 96 valence electrons. The van der Waals surface area contributed by atoms with E-state index in [1.807, 2.05) is 0 Å². The molecule has 2 N–H and O–H groups in total. The lowest BCUT2D eigenvalue weighted by atomic mass is 10.1. The van der Waals surface area contributed by atoms with Crippen molar-refractivity contribution in [1.29, 1.82) is 0 Å². The first kappa shape index (κ1) is 11.5. The summed E-state index contributed by atoms with van der Waals surface area (Å²) in [5.74, 6) is -0.902. The number of anilines is 1. The van der Waals surface area contributed by atoms with Gasteiger partial charge in [-0.05, 0) is 31.9 Å². The molecule has 0 aliphatic carbocycles. The number of nitrogens with one attached hydrogen (secondary N) is 1. The maximum Gasteiger partial charge on any atom is 0.337 e. The standard InChI is InChI=1S/C13H17N3O2/c17-13(18)9-3-5-14-8-11(9)15-10-4-7-16-6-1-2-12(10)16/h3,5,8,10,12,15H,1-2,4,6-7H2,(H,17,18). The summed E-state index contributed by atoms with van der Waals surface area (Å²) in [4.78, 5) is 17.7. The Labute approximate surface area is 106 Å². The van der Waals surface area contributed by atoms with Crippen LogP contribution in [0.2, 0.25) is 0 Å². The highest BCUT2D eigenvalue weighted by Crippen LogP contribution is 2.30. The maximum atomic E-state index is 11.1. The SMILES string of the molecule is O=C(O)c1ccncc1NC1CCN2CCCC12. The number of hydrogen-bond donors (Lipinski definition) is 2. The molecule has 2 aliphatic rings. The van der Waals surface area contributed by atoms with Crippen LogP contribution in [0.15, 0.2) is 18.5 Å². The van der Waals surface area contributed by atoms with Crippen LogP contribution < -0.4 is 5.32 Å². The molecule has 2 fully saturated rings. The molecule has 2 saturated heterocycles. The van der Waals surface area contributed by atoms with Gasteiger partial charge in [-0.25, -0.2) is 4.79 Å². The quantitative estimate of drug-likeness (QED) is 0.846. The van der Waals surface area contributed by atoms with Gasteiger partial charge in [0.1, 0.15) is 0 Å². The van der Waals surface area contributed by atoms with E-state index in [1.54, 1.807) is 12.3 Å². The fraction of sp³-hybridized carbons (Fsp3) is 0.538. The van der Waals surface area contributed by atoms with Crippen molar-refractivity contribution in [2.45, 2.75) is 31.3 Å². The van der Waals surface area contributed by atoms with Crippen molar-refractivity contribution in [3.63, 3.8) is 0 Å². The van der Waals surface area contributed by atoms with E-state index >= 15 is 0 Å². The Morgan fingerprint density at radius 1 is 1.44 bits per heavy atom. The maximum absolute atomic E-state index is 11.1. The van der Waals surface area contributed by atoms with Crippen LogP contribution in [0.25, 0.3) is 0 Å². The first-order chi connectivity index (χ1) is 8.75. The molecule has 0 aromatic carbocycles. The monoisotopic (exact) mass is 247 g/mol. The Balaban J connectivity index is 1.78. The van der Waals surface area contributed by atoms with Crippen LogP contribution in [0.3, 0.4) is 0 Å². The van der Waals surface area contributed by atoms with Crippen molar-refractivity contribution >= 4 is 11.7 Å². The molecule has 1 aromatic heterocycles. The smallest absolute Gasteiger partial charge is 0.337 e. The third-order valence-corrected chi connectivity index (χ3v) is 4.00. The number of nitrogens with zero attached hydrogens (tertiary/aromatic N) is 2. The van der Waals surface area contributed by atoms with E-state index in [-0.39, 0.29) is 0 Å². The fourth-order valence-corrected chi connectivity index (χ4v) is 3.15. The Kier molecular flexibility index (Phi) is 2.91. The largest absolute Gasteiger partial charge is 0.478 e. The summed E-state index contributed by atoms with van der Waals surface area (Å²) in [5.41, 5.74) is 0.949. The molecule has 3 rings (SSSR count). The molecule has 2 unspecified atom stereocenters. The van der Waals surface area contributed by atoms with E-state index in [4.69, 9.17) is 5.11 Å². The minimum atomic E-state index is -0.902. The molecule has 2 atom stereocenters. The number of rotatable bonds is 3. The van der Waals surface area contributed by atoms with Crippen LogP contribution >= 0.6 is 0 Å². The molecule has 3 heterocycles. The Bertz CT molecular complexity index is 463. The van der Waals surface area contributed by atoms with Crippen LogP contribution in [0.4, 0.5) is 5.69 Å². The van der Waals surface area contributed by atoms with E-state index in [0.717, 1.165) is 13.0 Å². The summed E-state index contributed by atoms with van der Waals surface area (Å²) < 4.78 is 0. The first-order valence-electron chi connectivity index (χ1n) is 6.43. The number of carboxylic acids is 1. The number of carbonyl (C=O) groups is 1. The van der Waals surface area contributed by atoms with Gasteiger partial charge in [-0.15, -0.1) is 0 Å². The summed E-state index contributed by atoms with van der Waals surface area (Å²) in [6.45, 7) is 2.30. The van der Waals surface area contributed by atoms with Gasteiger partial charge >= 0.3 is 5.97 Å². The number of hydrogen-bond acceptors (Lipinski definition) is 4. The van der Waals surface area contributed by atoms with Crippen LogP contribution in [-0.4, -0.2) is 46.1 Å². The van der Waals surface area contributed by atoms with Crippen LogP contribution in [-0.2, 0) is 0 Å². The summed E-state index contributed by atoms with van der Waals surface area (Å²) >= 11 is 0. The lowest BCUT2D eigenvalue weighted by Crippen LogP contribution is -2.34. The van der Waals surface area contributed by atoms with Crippen molar-refractivity contribution in [3.05, 3.63) is 24.0 Å². The average Bonchev–Trinajstić information content (AvgIpc) is 2.94. The second kappa shape index (κ2) is 4.57. The molecule has 5 nitrogen and oxygen atoms in total. The first-order valence-corrected chi connectivity index (χ1v) is 6.43. The average molecular weight is 247 g/mol. The van der Waals surface area contributed by atoms with E-state index in [1.165, 1.54) is 25.6 Å². The number of pyridine rings is 1. The highest BCUT2D eigenvalue weighted by molar-refractivity contribution is 5.93. The summed E-state index contributed by atoms with van der Waals surface area (Å²) in [7, 11) is 0. The molecule has 0 saturated carbocycles. The van der Waals surface area contributed by atoms with Gasteiger partial charge in [-0.1, -0.05) is 0 Å². The number of aromatic nitrogens is 1. The minimum absolute atomic E-state index is 0.307. The number of carboxylic acid groups (broad SMARTS) is 1. The fourth-order valence-electron chi connectivity index (χ4n) is 3.15. The lowest BCUT2D eigenvalue weighted by Gasteiger charge is -2.22. The van der Waals surface area contributed by atoms with Gasteiger partial charge in [0.25, 0.3) is 0 Å². The molecule has 0 spiro atoms. The Morgan fingerprint density at radius 3 is 3.17 bits per heavy atom. The Morgan fingerprint density at radius 2 is 2.33 bits per heavy atom. The van der Waals surface area contributed by atoms with E-state index in [2.05, 4.69) is 15.2 Å². The highest BCUT2D eigenvalue weighted by atomic mass is 16.4. The van der Waals surface area contributed by atoms with Crippen LogP contribution in [0, 0.1) is 0 Å². The summed E-state index contributed by atoms with van der Waals surface area (Å²) in [5, 5.41) is 12.5. The lowest BCUT2D eigenvalue weighted by molar-refractivity contribution is 0.0697. The molecule has 1 aromatic rings. The number of aromatic carboxylic acids is 1. The third kappa shape index (κ3) is 1.95. The molecule has 18 heavy (non-hydrogen) atoms. The molecule has 0 radical (unpaired) electrons. The van der Waals surface area contributed by atoms with Crippen molar-refractivity contribution in [3.8, 4) is 0 Å². The van der Waals surface area contributed by atoms with Gasteiger partial charge < -0.3 is 10.4 Å². The molecular formula is C13H17N3O2. The van der Waals surface area contributed by atoms with E-state index in [9.17, 15) is 4.79 Å². The molecule has 0 amide bonds. The Hall–Kier alpha value is -1.62. The topological polar surface area (TPSA) is 65.5 Å². The van der Waals surface area contributed by atoms with Crippen molar-refractivity contribution in [1.82, 2.24) is 9.88 Å². The second-order valence-corrected chi connectivity index (χ2v) is 5.01. The second-order valence-electron chi connectivity index (χ2n) is 5.01. The van der Waals surface area contributed by atoms with Gasteiger partial charge in [-0.3, -0.25) is 9.88 Å². The predicted molar refractivity (Wildman–Crippen MR) is 67.8 cm³/mol. The minimum Gasteiger partial charge on any atom is -0.478 e. The normalized spacial score (nSPS) is 27.1. The van der Waals surface area contributed by atoms with Crippen molar-refractivity contribution in [2.24, 2.45) is 0 Å². The number of fused-ring (bicyclic) bond motifs is 1.